The third-order valence-corrected chi connectivity index (χ3v) is 0.677. The standard InChI is InChI=1S/C4H4N3O/c8-3-7-4-1-5-2-6-4/h1-2H,(H,5,6)(H,7,8). The van der Waals surface area contributed by atoms with Crippen molar-refractivity contribution in [3.8, 4) is 0 Å². The van der Waals surface area contributed by atoms with Crippen LogP contribution in [0.1, 0.15) is 0 Å². The zero-order valence-corrected chi connectivity index (χ0v) is 4.01. The summed E-state index contributed by atoms with van der Waals surface area (Å²) in [4.78, 5) is 15.9. The molecule has 8 heavy (non-hydrogen) atoms. The summed E-state index contributed by atoms with van der Waals surface area (Å²) < 4.78 is 0. The van der Waals surface area contributed by atoms with Crippen LogP contribution >= 0.6 is 0 Å². The first-order chi connectivity index (χ1) is 3.93. The van der Waals surface area contributed by atoms with Gasteiger partial charge in [0.1, 0.15) is 0 Å². The highest BCUT2D eigenvalue weighted by Gasteiger charge is 1.86. The monoisotopic (exact) mass is 110 g/mol. The lowest BCUT2D eigenvalue weighted by Crippen LogP contribution is -1.91. The van der Waals surface area contributed by atoms with E-state index in [0.29, 0.717) is 5.82 Å². The maximum absolute atomic E-state index is 9.58. The Morgan fingerprint density at radius 1 is 1.88 bits per heavy atom. The van der Waals surface area contributed by atoms with E-state index < -0.39 is 0 Å². The van der Waals surface area contributed by atoms with Crippen LogP contribution in [0, 0.1) is 0 Å². The van der Waals surface area contributed by atoms with E-state index in [0.717, 1.165) is 0 Å². The summed E-state index contributed by atoms with van der Waals surface area (Å²) in [6, 6.07) is 0. The van der Waals surface area contributed by atoms with Crippen molar-refractivity contribution >= 4 is 12.2 Å². The van der Waals surface area contributed by atoms with E-state index in [1.165, 1.54) is 12.7 Å². The van der Waals surface area contributed by atoms with Gasteiger partial charge in [-0.05, 0) is 0 Å². The number of imidazole rings is 1. The molecule has 1 radical (unpaired) electrons. The highest BCUT2D eigenvalue weighted by molar-refractivity contribution is 5.68. The molecule has 0 atom stereocenters. The fraction of sp³-hybridized carbons (Fsp3) is 0. The fourth-order valence-corrected chi connectivity index (χ4v) is 0.381. The van der Waals surface area contributed by atoms with Crippen molar-refractivity contribution in [2.75, 3.05) is 5.32 Å². The number of aromatic nitrogens is 2. The van der Waals surface area contributed by atoms with Crippen LogP contribution in [0.25, 0.3) is 0 Å². The van der Waals surface area contributed by atoms with E-state index in [1.54, 1.807) is 6.20 Å². The number of hydrogen-bond acceptors (Lipinski definition) is 2. The van der Waals surface area contributed by atoms with Gasteiger partial charge in [0.15, 0.2) is 5.82 Å². The van der Waals surface area contributed by atoms with Crippen LogP contribution in [0.15, 0.2) is 12.5 Å². The molecule has 4 nitrogen and oxygen atoms in total. The normalized spacial score (nSPS) is 8.50. The molecule has 1 aromatic rings. The second-order valence-corrected chi connectivity index (χ2v) is 1.18. The lowest BCUT2D eigenvalue weighted by molar-refractivity contribution is 0.561. The number of aromatic amines is 1. The number of nitrogens with zero attached hydrogens (tertiary/aromatic N) is 1. The zero-order chi connectivity index (χ0) is 5.82. The summed E-state index contributed by atoms with van der Waals surface area (Å²) in [5.74, 6) is 0.486. The molecular weight excluding hydrogens is 106 g/mol. The predicted octanol–water partition coefficient (Wildman–Crippen LogP) is -0.111. The first kappa shape index (κ1) is 4.83. The molecule has 1 amide bonds. The molecule has 0 aliphatic carbocycles. The summed E-state index contributed by atoms with van der Waals surface area (Å²) in [5.41, 5.74) is 0. The molecule has 0 aromatic carbocycles. The Kier molecular flexibility index (Phi) is 1.27. The molecule has 2 N–H and O–H groups in total. The Hall–Kier alpha value is -1.32. The minimum Gasteiger partial charge on any atom is -0.349 e. The van der Waals surface area contributed by atoms with Gasteiger partial charge in [-0.25, -0.2) is 4.98 Å². The fourth-order valence-electron chi connectivity index (χ4n) is 0.381. The van der Waals surface area contributed by atoms with E-state index in [1.807, 2.05) is 0 Å². The average Bonchev–Trinajstić information content (AvgIpc) is 2.19. The maximum atomic E-state index is 9.58. The quantitative estimate of drug-likeness (QED) is 0.522. The van der Waals surface area contributed by atoms with E-state index >= 15 is 0 Å². The van der Waals surface area contributed by atoms with Gasteiger partial charge in [-0.1, -0.05) is 0 Å². The minimum atomic E-state index is 0.486. The molecule has 0 unspecified atom stereocenters. The lowest BCUT2D eigenvalue weighted by atomic mass is 10.8. The third-order valence-electron chi connectivity index (χ3n) is 0.677. The second kappa shape index (κ2) is 2.11. The number of hydrogen-bond donors (Lipinski definition) is 2. The van der Waals surface area contributed by atoms with Crippen molar-refractivity contribution in [2.24, 2.45) is 0 Å². The van der Waals surface area contributed by atoms with Crippen LogP contribution in [0.3, 0.4) is 0 Å². The number of nitrogens with one attached hydrogen (secondary N) is 2. The van der Waals surface area contributed by atoms with E-state index in [2.05, 4.69) is 15.3 Å². The molecule has 0 saturated carbocycles. The smallest absolute Gasteiger partial charge is 0.315 e. The first-order valence-corrected chi connectivity index (χ1v) is 2.05. The van der Waals surface area contributed by atoms with E-state index in [-0.39, 0.29) is 0 Å². The van der Waals surface area contributed by atoms with Crippen molar-refractivity contribution in [3.63, 3.8) is 0 Å². The zero-order valence-electron chi connectivity index (χ0n) is 4.01. The van der Waals surface area contributed by atoms with Gasteiger partial charge in [0.05, 0.1) is 6.33 Å². The van der Waals surface area contributed by atoms with Crippen LogP contribution in [0.4, 0.5) is 5.82 Å². The Bertz CT molecular complexity index is 158. The van der Waals surface area contributed by atoms with Gasteiger partial charge in [-0.15, -0.1) is 0 Å². The van der Waals surface area contributed by atoms with Crippen molar-refractivity contribution in [2.45, 2.75) is 0 Å². The highest BCUT2D eigenvalue weighted by atomic mass is 16.1. The van der Waals surface area contributed by atoms with Gasteiger partial charge in [-0.2, -0.15) is 0 Å². The molecule has 0 fully saturated rings. The number of rotatable bonds is 2. The molecule has 4 heteroatoms. The van der Waals surface area contributed by atoms with Gasteiger partial charge in [0, 0.05) is 6.20 Å². The molecule has 1 rings (SSSR count). The van der Waals surface area contributed by atoms with Crippen LogP contribution < -0.4 is 5.32 Å². The number of H-pyrrole nitrogens is 1. The molecule has 0 bridgehead atoms. The summed E-state index contributed by atoms with van der Waals surface area (Å²) in [6.45, 7) is 0. The SMILES string of the molecule is O=[C]Nc1c[nH]cn1. The average molecular weight is 110 g/mol. The van der Waals surface area contributed by atoms with E-state index in [9.17, 15) is 4.79 Å². The Balaban J connectivity index is 2.62. The molecule has 0 aliphatic rings. The maximum Gasteiger partial charge on any atom is 0.315 e. The summed E-state index contributed by atoms with van der Waals surface area (Å²) in [7, 11) is 0. The van der Waals surface area contributed by atoms with Gasteiger partial charge >= 0.3 is 6.41 Å². The van der Waals surface area contributed by atoms with E-state index in [4.69, 9.17) is 0 Å². The van der Waals surface area contributed by atoms with Crippen LogP contribution in [-0.4, -0.2) is 16.4 Å². The second-order valence-electron chi connectivity index (χ2n) is 1.18. The van der Waals surface area contributed by atoms with Gasteiger partial charge in [0.2, 0.25) is 0 Å². The Labute approximate surface area is 45.9 Å². The molecular formula is C4H4N3O. The first-order valence-electron chi connectivity index (χ1n) is 2.05. The molecule has 1 aromatic heterocycles. The lowest BCUT2D eigenvalue weighted by Gasteiger charge is -1.81. The highest BCUT2D eigenvalue weighted by Crippen LogP contribution is 1.93. The molecule has 41 valence electrons. The largest absolute Gasteiger partial charge is 0.349 e. The van der Waals surface area contributed by atoms with Crippen LogP contribution in [0.2, 0.25) is 0 Å². The van der Waals surface area contributed by atoms with Crippen LogP contribution in [-0.2, 0) is 4.79 Å². The van der Waals surface area contributed by atoms with Gasteiger partial charge in [-0.3, -0.25) is 4.79 Å². The number of carbonyl (C=O) groups excluding carboxylic acids is 1. The van der Waals surface area contributed by atoms with Crippen molar-refractivity contribution in [3.05, 3.63) is 12.5 Å². The van der Waals surface area contributed by atoms with Crippen molar-refractivity contribution < 1.29 is 4.79 Å². The Morgan fingerprint density at radius 2 is 2.75 bits per heavy atom. The summed E-state index contributed by atoms with van der Waals surface area (Å²) in [6.07, 6.45) is 4.52. The third kappa shape index (κ3) is 0.841. The van der Waals surface area contributed by atoms with Crippen LogP contribution in [0.5, 0.6) is 0 Å². The Morgan fingerprint density at radius 3 is 3.25 bits per heavy atom. The number of anilines is 1. The molecule has 1 heterocycles. The van der Waals surface area contributed by atoms with Crippen molar-refractivity contribution in [1.29, 1.82) is 0 Å². The topological polar surface area (TPSA) is 57.8 Å². The minimum absolute atomic E-state index is 0.486. The summed E-state index contributed by atoms with van der Waals surface area (Å²) in [5, 5.41) is 2.24. The predicted molar refractivity (Wildman–Crippen MR) is 27.9 cm³/mol. The van der Waals surface area contributed by atoms with Crippen molar-refractivity contribution in [1.82, 2.24) is 9.97 Å². The molecule has 0 spiro atoms. The summed E-state index contributed by atoms with van der Waals surface area (Å²) >= 11 is 0. The van der Waals surface area contributed by atoms with Gasteiger partial charge in [0.25, 0.3) is 0 Å². The molecule has 0 aliphatic heterocycles. The number of amides is 1. The molecule has 0 saturated heterocycles. The van der Waals surface area contributed by atoms with Gasteiger partial charge < -0.3 is 10.3 Å².